The smallest absolute Gasteiger partial charge is 0.255 e. The van der Waals surface area contributed by atoms with Crippen LogP contribution in [0.4, 0.5) is 5.69 Å². The molecule has 0 spiro atoms. The van der Waals surface area contributed by atoms with E-state index in [1.807, 2.05) is 44.6 Å². The molecule has 52 heavy (non-hydrogen) atoms. The molecule has 3 aliphatic rings. The number of nitrogens with zero attached hydrogens (tertiary/aromatic N) is 6. The molecule has 3 amide bonds. The first-order valence-electron chi connectivity index (χ1n) is 17.6. The van der Waals surface area contributed by atoms with Gasteiger partial charge in [0.1, 0.15) is 28.7 Å². The second kappa shape index (κ2) is 14.2. The first kappa shape index (κ1) is 33.6. The Kier molecular flexibility index (Phi) is 9.17. The third-order valence-corrected chi connectivity index (χ3v) is 11.1. The van der Waals surface area contributed by atoms with Crippen molar-refractivity contribution in [1.82, 2.24) is 34.5 Å². The van der Waals surface area contributed by atoms with Gasteiger partial charge in [0.05, 0.1) is 17.8 Å². The van der Waals surface area contributed by atoms with Gasteiger partial charge >= 0.3 is 0 Å². The number of rotatable bonds is 9. The summed E-state index contributed by atoms with van der Waals surface area (Å²) < 4.78 is 10.4. The molecule has 0 saturated carbocycles. The minimum Gasteiger partial charge on any atom is -0.385 e. The molecule has 2 atom stereocenters. The average molecular weight is 715 g/mol. The summed E-state index contributed by atoms with van der Waals surface area (Å²) in [6, 6.07) is 15.4. The van der Waals surface area contributed by atoms with Gasteiger partial charge in [-0.25, -0.2) is 4.98 Å². The minimum absolute atomic E-state index is 0.165. The fourth-order valence-corrected chi connectivity index (χ4v) is 8.38. The Morgan fingerprint density at radius 3 is 2.75 bits per heavy atom. The number of anilines is 1. The highest BCUT2D eigenvalue weighted by Gasteiger charge is 2.40. The molecule has 8 rings (SSSR count). The molecule has 2 N–H and O–H groups in total. The summed E-state index contributed by atoms with van der Waals surface area (Å²) in [6.07, 6.45) is 6.80. The van der Waals surface area contributed by atoms with Gasteiger partial charge in [0.15, 0.2) is 5.82 Å². The zero-order chi connectivity index (χ0) is 35.8. The fourth-order valence-electron chi connectivity index (χ4n) is 7.14. The first-order chi connectivity index (χ1) is 25.3. The van der Waals surface area contributed by atoms with E-state index in [9.17, 15) is 14.4 Å². The van der Waals surface area contributed by atoms with Gasteiger partial charge in [-0.15, -0.1) is 21.5 Å². The number of hydrogen-bond donors (Lipinski definition) is 2. The van der Waals surface area contributed by atoms with Gasteiger partial charge in [-0.3, -0.25) is 24.3 Å². The van der Waals surface area contributed by atoms with Crippen LogP contribution in [0.5, 0.6) is 0 Å². The van der Waals surface area contributed by atoms with Crippen LogP contribution in [0.3, 0.4) is 0 Å². The molecule has 0 aliphatic carbocycles. The Hall–Kier alpha value is -5.58. The SMILES string of the molecule is Cc1nnc2n1-c1sc(C#Cc3cn(CCCCNc4cccc5c4CN(C4CCC(=O)NC4=O)C5=O)cn3)c(Cc3ccccc3)c1CO[C@H]2C. The van der Waals surface area contributed by atoms with Crippen molar-refractivity contribution in [2.24, 2.45) is 0 Å². The van der Waals surface area contributed by atoms with Crippen molar-refractivity contribution in [2.45, 2.75) is 77.8 Å². The number of aryl methyl sites for hydroxylation is 2. The highest BCUT2D eigenvalue weighted by molar-refractivity contribution is 7.15. The van der Waals surface area contributed by atoms with Crippen molar-refractivity contribution in [3.8, 4) is 16.8 Å². The molecule has 3 aliphatic heterocycles. The number of carbonyl (C=O) groups is 3. The molecule has 264 valence electrons. The van der Waals surface area contributed by atoms with E-state index < -0.39 is 11.9 Å². The highest BCUT2D eigenvalue weighted by atomic mass is 32.1. The summed E-state index contributed by atoms with van der Waals surface area (Å²) in [5.41, 5.74) is 6.61. The molecular formula is C39H38N8O4S. The maximum absolute atomic E-state index is 13.1. The summed E-state index contributed by atoms with van der Waals surface area (Å²) >= 11 is 1.65. The zero-order valence-electron chi connectivity index (χ0n) is 29.0. The minimum atomic E-state index is -0.627. The van der Waals surface area contributed by atoms with Crippen LogP contribution in [0.25, 0.3) is 5.00 Å². The lowest BCUT2D eigenvalue weighted by molar-refractivity contribution is -0.136. The quantitative estimate of drug-likeness (QED) is 0.123. The summed E-state index contributed by atoms with van der Waals surface area (Å²) in [7, 11) is 0. The van der Waals surface area contributed by atoms with Gasteiger partial charge < -0.3 is 19.5 Å². The topological polar surface area (TPSA) is 136 Å². The van der Waals surface area contributed by atoms with Gasteiger partial charge in [-0.05, 0) is 74.6 Å². The Balaban J connectivity index is 0.912. The molecule has 13 heteroatoms. The fraction of sp³-hybridized carbons (Fsp3) is 0.333. The molecule has 5 aromatic rings. The first-order valence-corrected chi connectivity index (χ1v) is 18.4. The van der Waals surface area contributed by atoms with Crippen LogP contribution in [0, 0.1) is 18.8 Å². The van der Waals surface area contributed by atoms with E-state index in [2.05, 4.69) is 71.1 Å². The van der Waals surface area contributed by atoms with Crippen molar-refractivity contribution >= 4 is 34.7 Å². The molecule has 1 saturated heterocycles. The lowest BCUT2D eigenvalue weighted by atomic mass is 10.0. The van der Waals surface area contributed by atoms with Crippen LogP contribution in [-0.4, -0.2) is 59.5 Å². The van der Waals surface area contributed by atoms with Crippen LogP contribution < -0.4 is 10.6 Å². The van der Waals surface area contributed by atoms with Crippen molar-refractivity contribution in [2.75, 3.05) is 11.9 Å². The van der Waals surface area contributed by atoms with E-state index in [-0.39, 0.29) is 24.3 Å². The third-order valence-electron chi connectivity index (χ3n) is 9.89. The molecule has 0 radical (unpaired) electrons. The number of thiophene rings is 1. The molecule has 1 fully saturated rings. The number of unbranched alkanes of at least 4 members (excludes halogenated alkanes) is 1. The zero-order valence-corrected chi connectivity index (χ0v) is 29.8. The molecule has 1 unspecified atom stereocenters. The van der Waals surface area contributed by atoms with Crippen molar-refractivity contribution in [3.05, 3.63) is 111 Å². The Morgan fingerprint density at radius 1 is 1.04 bits per heavy atom. The number of imide groups is 1. The van der Waals surface area contributed by atoms with Gasteiger partial charge in [0.25, 0.3) is 5.91 Å². The maximum Gasteiger partial charge on any atom is 0.255 e. The number of hydrogen-bond acceptors (Lipinski definition) is 9. The number of amides is 3. The number of imidazole rings is 1. The summed E-state index contributed by atoms with van der Waals surface area (Å²) in [5, 5.41) is 15.7. The number of carbonyl (C=O) groups excluding carboxylic acids is 3. The largest absolute Gasteiger partial charge is 0.385 e. The number of ether oxygens (including phenoxy) is 1. The van der Waals surface area contributed by atoms with Gasteiger partial charge in [-0.2, -0.15) is 0 Å². The van der Waals surface area contributed by atoms with Crippen LogP contribution in [0.15, 0.2) is 61.1 Å². The van der Waals surface area contributed by atoms with E-state index >= 15 is 0 Å². The predicted molar refractivity (Wildman–Crippen MR) is 195 cm³/mol. The summed E-state index contributed by atoms with van der Waals surface area (Å²) in [6.45, 7) is 6.33. The van der Waals surface area contributed by atoms with E-state index in [4.69, 9.17) is 4.74 Å². The van der Waals surface area contributed by atoms with Gasteiger partial charge in [0.2, 0.25) is 11.8 Å². The van der Waals surface area contributed by atoms with Crippen molar-refractivity contribution < 1.29 is 19.1 Å². The van der Waals surface area contributed by atoms with Crippen LogP contribution in [0.1, 0.15) is 93.5 Å². The van der Waals surface area contributed by atoms with E-state index in [0.29, 0.717) is 30.8 Å². The van der Waals surface area contributed by atoms with Crippen molar-refractivity contribution in [1.29, 1.82) is 0 Å². The van der Waals surface area contributed by atoms with Crippen molar-refractivity contribution in [3.63, 3.8) is 0 Å². The number of aromatic nitrogens is 5. The number of benzene rings is 2. The molecule has 12 nitrogen and oxygen atoms in total. The molecule has 2 aromatic carbocycles. The summed E-state index contributed by atoms with van der Waals surface area (Å²) in [4.78, 5) is 44.4. The Labute approximate surface area is 305 Å². The molecule has 6 heterocycles. The van der Waals surface area contributed by atoms with Gasteiger partial charge in [-0.1, -0.05) is 36.4 Å². The Morgan fingerprint density at radius 2 is 1.90 bits per heavy atom. The van der Waals surface area contributed by atoms with E-state index in [0.717, 1.165) is 76.3 Å². The summed E-state index contributed by atoms with van der Waals surface area (Å²) in [5.74, 6) is 7.53. The average Bonchev–Trinajstić information content (AvgIpc) is 3.90. The predicted octanol–water partition coefficient (Wildman–Crippen LogP) is 5.07. The monoisotopic (exact) mass is 714 g/mol. The normalized spacial score (nSPS) is 17.9. The third kappa shape index (κ3) is 6.51. The van der Waals surface area contributed by atoms with E-state index in [1.54, 1.807) is 22.3 Å². The van der Waals surface area contributed by atoms with Crippen LogP contribution >= 0.6 is 11.3 Å². The van der Waals surface area contributed by atoms with Gasteiger partial charge in [0, 0.05) is 54.6 Å². The molecule has 0 bridgehead atoms. The second-order valence-corrected chi connectivity index (χ2v) is 14.4. The lowest BCUT2D eigenvalue weighted by Gasteiger charge is -2.29. The second-order valence-electron chi connectivity index (χ2n) is 13.4. The number of fused-ring (bicyclic) bond motifs is 4. The maximum atomic E-state index is 13.1. The molecule has 3 aromatic heterocycles. The van der Waals surface area contributed by atoms with Crippen LogP contribution in [0.2, 0.25) is 0 Å². The van der Waals surface area contributed by atoms with E-state index in [1.165, 1.54) is 5.56 Å². The highest BCUT2D eigenvalue weighted by Crippen LogP contribution is 2.39. The van der Waals surface area contributed by atoms with Crippen LogP contribution in [-0.2, 0) is 40.4 Å². The standard InChI is InChI=1S/C39H38N8O4S/c1-24-36-44-43-25(2)47(36)39-31(22-51-24)29(19-26-9-4-3-5-10-26)34(52-39)15-13-27-20-45(23-41-27)18-7-6-17-40-32-12-8-11-28-30(32)21-46(38(28)50)33-14-16-35(48)42-37(33)49/h3-5,8-12,20,23-24,33,40H,6-7,14,16-19,21-22H2,1-2H3,(H,42,48,49)/t24-,33?/m0/s1. The lowest BCUT2D eigenvalue weighted by Crippen LogP contribution is -2.52. The number of piperidine rings is 1. The number of nitrogens with one attached hydrogen (secondary N) is 2. The molecular weight excluding hydrogens is 677 g/mol. The Bertz CT molecular complexity index is 2240.